The van der Waals surface area contributed by atoms with E-state index in [9.17, 15) is 9.59 Å². The first-order chi connectivity index (χ1) is 14.9. The number of hydrogen-bond donors (Lipinski definition) is 1. The largest absolute Gasteiger partial charge is 0.462 e. The molecule has 4 aliphatic carbocycles. The Morgan fingerprint density at radius 3 is 2.58 bits per heavy atom. The van der Waals surface area contributed by atoms with Crippen molar-refractivity contribution in [2.24, 2.45) is 17.3 Å². The van der Waals surface area contributed by atoms with Gasteiger partial charge in [-0.3, -0.25) is 9.59 Å². The minimum atomic E-state index is -0.161. The second-order valence-corrected chi connectivity index (χ2v) is 10.1. The number of allylic oxidation sites excluding steroid dienone is 4. The highest BCUT2D eigenvalue weighted by Crippen LogP contribution is 2.64. The van der Waals surface area contributed by atoms with E-state index in [-0.39, 0.29) is 23.3 Å². The van der Waals surface area contributed by atoms with Crippen LogP contribution in [0.15, 0.2) is 47.1 Å². The highest BCUT2D eigenvalue weighted by Gasteiger charge is 2.57. The van der Waals surface area contributed by atoms with Crippen molar-refractivity contribution in [2.45, 2.75) is 70.8 Å². The SMILES string of the molecule is CNc1ccc([C@H]2C[C@]3(C)C(OC(C)=O)CCC3C3CCC4=CC(=O)CCC4=C32)cc1. The van der Waals surface area contributed by atoms with Gasteiger partial charge in [0.15, 0.2) is 5.78 Å². The first kappa shape index (κ1) is 20.5. The van der Waals surface area contributed by atoms with Gasteiger partial charge in [0, 0.05) is 37.4 Å². The summed E-state index contributed by atoms with van der Waals surface area (Å²) in [5.74, 6) is 1.51. The molecule has 0 aromatic heterocycles. The van der Waals surface area contributed by atoms with Crippen molar-refractivity contribution in [1.82, 2.24) is 0 Å². The molecule has 2 fully saturated rings. The lowest BCUT2D eigenvalue weighted by molar-refractivity contribution is -0.154. The second-order valence-electron chi connectivity index (χ2n) is 10.1. The molecule has 0 bridgehead atoms. The van der Waals surface area contributed by atoms with Crippen molar-refractivity contribution >= 4 is 17.4 Å². The Hall–Kier alpha value is -2.36. The molecule has 0 spiro atoms. The van der Waals surface area contributed by atoms with Crippen LogP contribution in [0.3, 0.4) is 0 Å². The molecule has 1 N–H and O–H groups in total. The highest BCUT2D eigenvalue weighted by atomic mass is 16.5. The number of esters is 1. The Morgan fingerprint density at radius 1 is 1.10 bits per heavy atom. The topological polar surface area (TPSA) is 55.4 Å². The van der Waals surface area contributed by atoms with Gasteiger partial charge in [-0.05, 0) is 85.3 Å². The Bertz CT molecular complexity index is 973. The third kappa shape index (κ3) is 3.35. The average molecular weight is 420 g/mol. The van der Waals surface area contributed by atoms with E-state index in [1.807, 2.05) is 13.1 Å². The van der Waals surface area contributed by atoms with Gasteiger partial charge in [-0.1, -0.05) is 24.6 Å². The monoisotopic (exact) mass is 419 g/mol. The summed E-state index contributed by atoms with van der Waals surface area (Å²) in [6, 6.07) is 8.83. The molecule has 3 unspecified atom stereocenters. The van der Waals surface area contributed by atoms with Gasteiger partial charge in [0.2, 0.25) is 0 Å². The number of nitrogens with one attached hydrogen (secondary N) is 1. The molecule has 1 aromatic carbocycles. The molecule has 0 amide bonds. The number of ether oxygens (including phenoxy) is 1. The molecule has 0 saturated heterocycles. The van der Waals surface area contributed by atoms with Gasteiger partial charge in [-0.25, -0.2) is 0 Å². The molecular weight excluding hydrogens is 386 g/mol. The molecule has 0 radical (unpaired) electrons. The Balaban J connectivity index is 1.63. The average Bonchev–Trinajstić information content (AvgIpc) is 3.08. The zero-order valence-corrected chi connectivity index (χ0v) is 18.9. The van der Waals surface area contributed by atoms with Crippen molar-refractivity contribution in [2.75, 3.05) is 12.4 Å². The molecule has 31 heavy (non-hydrogen) atoms. The van der Waals surface area contributed by atoms with Gasteiger partial charge in [0.1, 0.15) is 6.10 Å². The van der Waals surface area contributed by atoms with E-state index >= 15 is 0 Å². The molecule has 0 aliphatic heterocycles. The van der Waals surface area contributed by atoms with Gasteiger partial charge in [-0.15, -0.1) is 0 Å². The molecular formula is C27H33NO3. The van der Waals surface area contributed by atoms with Crippen molar-refractivity contribution in [1.29, 1.82) is 0 Å². The molecule has 4 nitrogen and oxygen atoms in total. The van der Waals surface area contributed by atoms with Crippen LogP contribution < -0.4 is 5.32 Å². The zero-order valence-electron chi connectivity index (χ0n) is 18.9. The van der Waals surface area contributed by atoms with E-state index in [0.717, 1.165) is 44.2 Å². The van der Waals surface area contributed by atoms with Crippen LogP contribution in [0.4, 0.5) is 5.69 Å². The fourth-order valence-electron chi connectivity index (χ4n) is 7.19. The second kappa shape index (κ2) is 7.65. The van der Waals surface area contributed by atoms with Gasteiger partial charge < -0.3 is 10.1 Å². The normalized spacial score (nSPS) is 34.4. The quantitative estimate of drug-likeness (QED) is 0.652. The summed E-state index contributed by atoms with van der Waals surface area (Å²) in [7, 11) is 1.95. The zero-order chi connectivity index (χ0) is 21.8. The van der Waals surface area contributed by atoms with Crippen molar-refractivity contribution < 1.29 is 14.3 Å². The summed E-state index contributed by atoms with van der Waals surface area (Å²) in [6.07, 6.45) is 8.66. The third-order valence-corrected chi connectivity index (χ3v) is 8.55. The number of anilines is 1. The van der Waals surface area contributed by atoms with Crippen LogP contribution in [0.1, 0.15) is 70.3 Å². The fourth-order valence-corrected chi connectivity index (χ4v) is 7.19. The van der Waals surface area contributed by atoms with Gasteiger partial charge in [0.25, 0.3) is 0 Å². The Morgan fingerprint density at radius 2 is 1.87 bits per heavy atom. The predicted molar refractivity (Wildman–Crippen MR) is 122 cm³/mol. The molecule has 5 rings (SSSR count). The molecule has 4 aliphatic rings. The van der Waals surface area contributed by atoms with Crippen LogP contribution in [-0.4, -0.2) is 24.9 Å². The lowest BCUT2D eigenvalue weighted by Crippen LogP contribution is -2.46. The van der Waals surface area contributed by atoms with E-state index in [1.165, 1.54) is 23.6 Å². The van der Waals surface area contributed by atoms with Crippen molar-refractivity contribution in [3.63, 3.8) is 0 Å². The van der Waals surface area contributed by atoms with Gasteiger partial charge >= 0.3 is 5.97 Å². The van der Waals surface area contributed by atoms with Gasteiger partial charge in [-0.2, -0.15) is 0 Å². The number of rotatable bonds is 3. The first-order valence-electron chi connectivity index (χ1n) is 11.8. The predicted octanol–water partition coefficient (Wildman–Crippen LogP) is 5.56. The molecule has 164 valence electrons. The smallest absolute Gasteiger partial charge is 0.302 e. The maximum atomic E-state index is 12.1. The van der Waals surface area contributed by atoms with E-state index in [2.05, 4.69) is 36.5 Å². The number of hydrogen-bond acceptors (Lipinski definition) is 4. The molecule has 5 atom stereocenters. The Kier molecular flexibility index (Phi) is 5.07. The summed E-state index contributed by atoms with van der Waals surface area (Å²) in [4.78, 5) is 24.0. The van der Waals surface area contributed by atoms with E-state index in [1.54, 1.807) is 5.57 Å². The summed E-state index contributed by atoms with van der Waals surface area (Å²) in [5, 5.41) is 3.22. The van der Waals surface area contributed by atoms with Crippen LogP contribution in [0, 0.1) is 17.3 Å². The maximum Gasteiger partial charge on any atom is 0.302 e. The number of ketones is 1. The molecule has 0 heterocycles. The minimum Gasteiger partial charge on any atom is -0.462 e. The van der Waals surface area contributed by atoms with Crippen LogP contribution in [0.2, 0.25) is 0 Å². The van der Waals surface area contributed by atoms with Crippen molar-refractivity contribution in [3.05, 3.63) is 52.6 Å². The molecule has 4 heteroatoms. The van der Waals surface area contributed by atoms with Crippen LogP contribution >= 0.6 is 0 Å². The summed E-state index contributed by atoms with van der Waals surface area (Å²) in [6.45, 7) is 3.90. The number of fused-ring (bicyclic) bond motifs is 4. The number of benzene rings is 1. The first-order valence-corrected chi connectivity index (χ1v) is 11.8. The lowest BCUT2D eigenvalue weighted by Gasteiger charge is -2.52. The number of carbonyl (C=O) groups excluding carboxylic acids is 2. The standard InChI is InChI=1S/C27H33NO3/c1-16(29)31-25-13-12-24-22-10-6-18-14-20(30)9-11-21(18)26(22)23(15-27(24,25)2)17-4-7-19(28-3)8-5-17/h4-5,7-8,14,22-25,28H,6,9-13,15H2,1-3H3/t22?,23-,24?,25?,27+/m1/s1. The third-order valence-electron chi connectivity index (χ3n) is 8.55. The number of carbonyl (C=O) groups is 2. The lowest BCUT2D eigenvalue weighted by atomic mass is 9.53. The summed E-state index contributed by atoms with van der Waals surface area (Å²) in [5.41, 5.74) is 6.81. The molecule has 2 saturated carbocycles. The van der Waals surface area contributed by atoms with E-state index in [0.29, 0.717) is 24.2 Å². The van der Waals surface area contributed by atoms with Crippen LogP contribution in [0.25, 0.3) is 0 Å². The van der Waals surface area contributed by atoms with Gasteiger partial charge in [0.05, 0.1) is 0 Å². The van der Waals surface area contributed by atoms with E-state index in [4.69, 9.17) is 4.74 Å². The van der Waals surface area contributed by atoms with Crippen LogP contribution in [0.5, 0.6) is 0 Å². The summed E-state index contributed by atoms with van der Waals surface area (Å²) >= 11 is 0. The molecule has 1 aromatic rings. The minimum absolute atomic E-state index is 0.00154. The summed E-state index contributed by atoms with van der Waals surface area (Å²) < 4.78 is 5.88. The Labute approximate surface area is 185 Å². The fraction of sp³-hybridized carbons (Fsp3) is 0.556. The van der Waals surface area contributed by atoms with Crippen LogP contribution in [-0.2, 0) is 14.3 Å². The maximum absolute atomic E-state index is 12.1. The highest BCUT2D eigenvalue weighted by molar-refractivity contribution is 5.93. The van der Waals surface area contributed by atoms with E-state index < -0.39 is 0 Å². The van der Waals surface area contributed by atoms with Crippen molar-refractivity contribution in [3.8, 4) is 0 Å².